The van der Waals surface area contributed by atoms with Gasteiger partial charge in [0, 0.05) is 21.5 Å². The molecule has 0 saturated carbocycles. The van der Waals surface area contributed by atoms with Crippen molar-refractivity contribution in [2.75, 3.05) is 0 Å². The Balaban J connectivity index is 1.24. The standard InChI is InChI=1S/C56H43N3Si/c1-38-27-29-53-49(33-38)47-23-13-15-25-51(47)58(53)55-36-42(37-56(57-55)59-52-26-16-14-24-48(52)50-34-39(2)28-30-54(50)59)41-31-40(3)32-46(35-41)60(43-17-7-4-8-18-43,44-19-9-5-10-20-44)45-21-11-6-12-22-45/h4-37H,1-3H3. The van der Waals surface area contributed by atoms with E-state index in [4.69, 9.17) is 4.98 Å². The number of hydrogen-bond acceptors (Lipinski definition) is 1. The zero-order chi connectivity index (χ0) is 40.4. The van der Waals surface area contributed by atoms with E-state index >= 15 is 0 Å². The number of nitrogens with zero attached hydrogens (tertiary/aromatic N) is 3. The molecule has 0 bridgehead atoms. The minimum absolute atomic E-state index is 0.885. The van der Waals surface area contributed by atoms with E-state index in [0.29, 0.717) is 0 Å². The van der Waals surface area contributed by atoms with E-state index in [2.05, 4.69) is 236 Å². The molecule has 8 aromatic carbocycles. The van der Waals surface area contributed by atoms with Gasteiger partial charge in [0.2, 0.25) is 0 Å². The molecule has 4 heteroatoms. The molecular weight excluding hydrogens is 743 g/mol. The maximum absolute atomic E-state index is 5.66. The predicted molar refractivity (Wildman–Crippen MR) is 256 cm³/mol. The third kappa shape index (κ3) is 5.67. The van der Waals surface area contributed by atoms with Crippen molar-refractivity contribution in [1.82, 2.24) is 14.1 Å². The average Bonchev–Trinajstić information content (AvgIpc) is 3.79. The molecule has 286 valence electrons. The van der Waals surface area contributed by atoms with Crippen molar-refractivity contribution in [3.8, 4) is 22.8 Å². The molecule has 0 amide bonds. The molecule has 0 aliphatic rings. The second kappa shape index (κ2) is 14.2. The van der Waals surface area contributed by atoms with E-state index < -0.39 is 8.07 Å². The highest BCUT2D eigenvalue weighted by Gasteiger charge is 2.41. The molecule has 3 heterocycles. The summed E-state index contributed by atoms with van der Waals surface area (Å²) in [4.78, 5) is 5.66. The minimum atomic E-state index is -2.81. The summed E-state index contributed by atoms with van der Waals surface area (Å²) < 4.78 is 4.73. The first kappa shape index (κ1) is 35.9. The van der Waals surface area contributed by atoms with Crippen molar-refractivity contribution >= 4 is 72.4 Å². The van der Waals surface area contributed by atoms with Gasteiger partial charge in [-0.05, 0) is 101 Å². The van der Waals surface area contributed by atoms with Crippen molar-refractivity contribution in [1.29, 1.82) is 0 Å². The zero-order valence-corrected chi connectivity index (χ0v) is 35.0. The number of hydrogen-bond donors (Lipinski definition) is 0. The van der Waals surface area contributed by atoms with Gasteiger partial charge in [-0.3, -0.25) is 9.13 Å². The molecule has 3 nitrogen and oxygen atoms in total. The van der Waals surface area contributed by atoms with Crippen LogP contribution in [0.15, 0.2) is 206 Å². The molecule has 0 atom stereocenters. The van der Waals surface area contributed by atoms with E-state index in [9.17, 15) is 0 Å². The maximum atomic E-state index is 5.66. The summed E-state index contributed by atoms with van der Waals surface area (Å²) in [6.07, 6.45) is 0. The van der Waals surface area contributed by atoms with Gasteiger partial charge in [0.05, 0.1) is 22.1 Å². The van der Waals surface area contributed by atoms with E-state index in [0.717, 1.165) is 39.3 Å². The molecule has 60 heavy (non-hydrogen) atoms. The van der Waals surface area contributed by atoms with Crippen LogP contribution in [0.5, 0.6) is 0 Å². The lowest BCUT2D eigenvalue weighted by Crippen LogP contribution is -2.74. The Morgan fingerprint density at radius 2 is 0.717 bits per heavy atom. The number of pyridine rings is 1. The molecule has 11 rings (SSSR count). The molecule has 0 fully saturated rings. The summed E-state index contributed by atoms with van der Waals surface area (Å²) in [7, 11) is -2.81. The molecule has 0 radical (unpaired) electrons. The number of rotatable bonds is 7. The van der Waals surface area contributed by atoms with Crippen LogP contribution in [0, 0.1) is 20.8 Å². The summed E-state index contributed by atoms with van der Waals surface area (Å²) >= 11 is 0. The molecule has 0 unspecified atom stereocenters. The van der Waals surface area contributed by atoms with E-state index in [1.807, 2.05) is 0 Å². The third-order valence-electron chi connectivity index (χ3n) is 12.4. The Bertz CT molecular complexity index is 3160. The van der Waals surface area contributed by atoms with Gasteiger partial charge in [0.15, 0.2) is 8.07 Å². The minimum Gasteiger partial charge on any atom is -0.294 e. The number of aromatic nitrogens is 3. The summed E-state index contributed by atoms with van der Waals surface area (Å²) in [6, 6.07) is 76.5. The topological polar surface area (TPSA) is 22.8 Å². The zero-order valence-electron chi connectivity index (χ0n) is 34.0. The summed E-state index contributed by atoms with van der Waals surface area (Å²) in [6.45, 7) is 6.59. The van der Waals surface area contributed by atoms with Crippen LogP contribution < -0.4 is 20.7 Å². The molecule has 0 spiro atoms. The van der Waals surface area contributed by atoms with Crippen molar-refractivity contribution in [3.05, 3.63) is 223 Å². The van der Waals surface area contributed by atoms with Gasteiger partial charge in [-0.15, -0.1) is 0 Å². The molecule has 3 aromatic heterocycles. The first-order chi connectivity index (χ1) is 29.5. The van der Waals surface area contributed by atoms with Crippen LogP contribution >= 0.6 is 0 Å². The van der Waals surface area contributed by atoms with E-state index in [1.54, 1.807) is 0 Å². The third-order valence-corrected chi connectivity index (χ3v) is 17.1. The van der Waals surface area contributed by atoms with Crippen LogP contribution in [0.1, 0.15) is 16.7 Å². The van der Waals surface area contributed by atoms with Crippen LogP contribution in [0.4, 0.5) is 0 Å². The van der Waals surface area contributed by atoms with Gasteiger partial charge >= 0.3 is 0 Å². The Kier molecular flexibility index (Phi) is 8.50. The van der Waals surface area contributed by atoms with E-state index in [-0.39, 0.29) is 0 Å². The first-order valence-corrected chi connectivity index (χ1v) is 22.8. The smallest absolute Gasteiger partial charge is 0.179 e. The van der Waals surface area contributed by atoms with Crippen LogP contribution in [-0.4, -0.2) is 22.2 Å². The summed E-state index contributed by atoms with van der Waals surface area (Å²) in [5.41, 5.74) is 10.6. The van der Waals surface area contributed by atoms with Gasteiger partial charge in [0.1, 0.15) is 11.6 Å². The summed E-state index contributed by atoms with van der Waals surface area (Å²) in [5, 5.41) is 10.3. The molecule has 0 aliphatic carbocycles. The first-order valence-electron chi connectivity index (χ1n) is 20.8. The highest BCUT2D eigenvalue weighted by molar-refractivity contribution is 7.19. The van der Waals surface area contributed by atoms with Gasteiger partial charge in [-0.1, -0.05) is 174 Å². The monoisotopic (exact) mass is 785 g/mol. The maximum Gasteiger partial charge on any atom is 0.179 e. The van der Waals surface area contributed by atoms with Crippen LogP contribution in [0.3, 0.4) is 0 Å². The fourth-order valence-corrected chi connectivity index (χ4v) is 14.7. The van der Waals surface area contributed by atoms with Crippen molar-refractivity contribution in [2.24, 2.45) is 0 Å². The lowest BCUT2D eigenvalue weighted by atomic mass is 10.0. The second-order valence-corrected chi connectivity index (χ2v) is 20.1. The molecule has 0 saturated heterocycles. The van der Waals surface area contributed by atoms with Crippen LogP contribution in [-0.2, 0) is 0 Å². The van der Waals surface area contributed by atoms with Gasteiger partial charge in [0.25, 0.3) is 0 Å². The number of benzene rings is 8. The summed E-state index contributed by atoms with van der Waals surface area (Å²) in [5.74, 6) is 1.77. The highest BCUT2D eigenvalue weighted by Crippen LogP contribution is 2.37. The van der Waals surface area contributed by atoms with E-state index in [1.165, 1.54) is 64.5 Å². The van der Waals surface area contributed by atoms with Gasteiger partial charge in [-0.25, -0.2) is 4.98 Å². The predicted octanol–water partition coefficient (Wildman–Crippen LogP) is 11.2. The number of para-hydroxylation sites is 2. The van der Waals surface area contributed by atoms with Crippen molar-refractivity contribution in [3.63, 3.8) is 0 Å². The van der Waals surface area contributed by atoms with Crippen LogP contribution in [0.2, 0.25) is 0 Å². The highest BCUT2D eigenvalue weighted by atomic mass is 28.3. The van der Waals surface area contributed by atoms with Crippen LogP contribution in [0.25, 0.3) is 66.4 Å². The molecule has 0 aliphatic heterocycles. The Morgan fingerprint density at radius 1 is 0.317 bits per heavy atom. The van der Waals surface area contributed by atoms with Gasteiger partial charge < -0.3 is 0 Å². The second-order valence-electron chi connectivity index (χ2n) is 16.3. The van der Waals surface area contributed by atoms with Crippen molar-refractivity contribution < 1.29 is 0 Å². The molecule has 0 N–H and O–H groups in total. The molecule has 11 aromatic rings. The number of fused-ring (bicyclic) bond motifs is 6. The largest absolute Gasteiger partial charge is 0.294 e. The molecular formula is C56H43N3Si. The normalized spacial score (nSPS) is 11.9. The van der Waals surface area contributed by atoms with Gasteiger partial charge in [-0.2, -0.15) is 0 Å². The Hall–Kier alpha value is -7.27. The number of aryl methyl sites for hydroxylation is 3. The fourth-order valence-electron chi connectivity index (χ4n) is 9.80. The Labute approximate surface area is 351 Å². The average molecular weight is 786 g/mol. The fraction of sp³-hybridized carbons (Fsp3) is 0.0536. The SMILES string of the molecule is Cc1cc(-c2cc(-n3c4ccccc4c4cc(C)ccc43)nc(-n3c4ccccc4c4cc(C)ccc43)c2)cc([Si](c2ccccc2)(c2ccccc2)c2ccccc2)c1. The lowest BCUT2D eigenvalue weighted by Gasteiger charge is -2.35. The lowest BCUT2D eigenvalue weighted by molar-refractivity contribution is 1.01. The quantitative estimate of drug-likeness (QED) is 0.117. The van der Waals surface area contributed by atoms with Crippen molar-refractivity contribution in [2.45, 2.75) is 20.8 Å². The Morgan fingerprint density at radius 3 is 1.18 bits per heavy atom.